The molecule has 0 saturated heterocycles. The maximum Gasteiger partial charge on any atom is 4.00 e. The zero-order valence-corrected chi connectivity index (χ0v) is 29.4. The van der Waals surface area contributed by atoms with Crippen molar-refractivity contribution < 1.29 is 39.3 Å². The molecule has 47 heavy (non-hydrogen) atoms. The molecule has 0 saturated carbocycles. The Morgan fingerprint density at radius 1 is 0.553 bits per heavy atom. The van der Waals surface area contributed by atoms with Crippen LogP contribution < -0.4 is 0 Å². The van der Waals surface area contributed by atoms with Gasteiger partial charge in [-0.1, -0.05) is 27.7 Å². The predicted octanol–water partition coefficient (Wildman–Crippen LogP) is 10.9. The Bertz CT molecular complexity index is 1550. The van der Waals surface area contributed by atoms with Crippen LogP contribution in [0.4, 0.5) is 17.6 Å². The maximum absolute atomic E-state index is 13.6. The summed E-state index contributed by atoms with van der Waals surface area (Å²) in [5.74, 6) is -1.82. The number of rotatable bonds is 6. The maximum atomic E-state index is 13.6. The van der Waals surface area contributed by atoms with Crippen LogP contribution in [0, 0.1) is 49.2 Å². The molecule has 7 heteroatoms. The zero-order valence-electron chi connectivity index (χ0n) is 27.9. The van der Waals surface area contributed by atoms with Gasteiger partial charge in [0.1, 0.15) is 0 Å². The third-order valence-corrected chi connectivity index (χ3v) is 7.30. The van der Waals surface area contributed by atoms with Crippen LogP contribution in [-0.2, 0) is 34.8 Å². The average molecular weight is 675 g/mol. The van der Waals surface area contributed by atoms with E-state index in [1.807, 2.05) is 98.8 Å². The van der Waals surface area contributed by atoms with E-state index in [2.05, 4.69) is 49.0 Å². The molecule has 0 N–H and O–H groups in total. The quantitative estimate of drug-likeness (QED) is 0.0946. The van der Waals surface area contributed by atoms with E-state index in [0.29, 0.717) is 36.1 Å². The molecule has 6 rings (SSSR count). The molecule has 0 radical (unpaired) electrons. The first-order chi connectivity index (χ1) is 22.0. The molecule has 2 nitrogen and oxygen atoms in total. The number of hydrogen-bond acceptors (Lipinski definition) is 0. The molecule has 0 aliphatic carbocycles. The van der Waals surface area contributed by atoms with Crippen LogP contribution in [0.25, 0.3) is 0 Å². The van der Waals surface area contributed by atoms with Gasteiger partial charge >= 0.3 is 21.7 Å². The van der Waals surface area contributed by atoms with Crippen LogP contribution in [0.15, 0.2) is 109 Å². The van der Waals surface area contributed by atoms with E-state index >= 15 is 0 Å². The number of halogens is 4. The van der Waals surface area contributed by atoms with Crippen molar-refractivity contribution in [2.75, 3.05) is 0 Å². The van der Waals surface area contributed by atoms with Crippen molar-refractivity contribution in [1.29, 1.82) is 0 Å². The molecule has 0 aliphatic heterocycles. The van der Waals surface area contributed by atoms with E-state index in [9.17, 15) is 17.6 Å². The summed E-state index contributed by atoms with van der Waals surface area (Å²) in [5.41, 5.74) is 5.35. The predicted molar refractivity (Wildman–Crippen MR) is 179 cm³/mol. The Hall–Kier alpha value is -3.87. The minimum absolute atomic E-state index is 0. The van der Waals surface area contributed by atoms with Gasteiger partial charge in [0.05, 0.1) is 0 Å². The van der Waals surface area contributed by atoms with Crippen molar-refractivity contribution in [2.24, 2.45) is 0 Å². The summed E-state index contributed by atoms with van der Waals surface area (Å²) in [6, 6.07) is 37.7. The van der Waals surface area contributed by atoms with Crippen molar-refractivity contribution in [2.45, 2.75) is 66.5 Å². The molecule has 2 aromatic heterocycles. The molecular weight excluding hydrogens is 632 g/mol. The number of benzene rings is 2. The molecule has 0 unspecified atom stereocenters. The second kappa shape index (κ2) is 19.7. The molecule has 4 aromatic carbocycles. The van der Waals surface area contributed by atoms with Crippen LogP contribution in [0.1, 0.15) is 73.4 Å². The van der Waals surface area contributed by atoms with Crippen molar-refractivity contribution in [3.8, 4) is 0 Å². The average Bonchev–Trinajstić information content (AvgIpc) is 3.84. The van der Waals surface area contributed by atoms with E-state index in [-0.39, 0.29) is 21.7 Å². The summed E-state index contributed by atoms with van der Waals surface area (Å²) in [6.07, 6.45) is 0. The molecule has 0 bridgehead atoms. The van der Waals surface area contributed by atoms with Crippen LogP contribution in [0.5, 0.6) is 0 Å². The largest absolute Gasteiger partial charge is 4.00 e. The normalized spacial score (nSPS) is 10.3. The first-order valence-corrected chi connectivity index (χ1v) is 15.4. The first kappa shape index (κ1) is 39.3. The molecule has 0 atom stereocenters. The van der Waals surface area contributed by atoms with Gasteiger partial charge in [-0.3, -0.25) is 0 Å². The van der Waals surface area contributed by atoms with Crippen LogP contribution in [0.3, 0.4) is 0 Å². The Morgan fingerprint density at radius 3 is 1.15 bits per heavy atom. The number of aromatic nitrogens is 2. The van der Waals surface area contributed by atoms with Crippen molar-refractivity contribution in [1.82, 2.24) is 9.13 Å². The van der Waals surface area contributed by atoms with E-state index in [1.54, 1.807) is 0 Å². The topological polar surface area (TPSA) is 9.86 Å². The molecule has 0 amide bonds. The van der Waals surface area contributed by atoms with Gasteiger partial charge in [0.25, 0.3) is 0 Å². The third kappa shape index (κ3) is 12.3. The summed E-state index contributed by atoms with van der Waals surface area (Å²) < 4.78 is 56.9. The molecule has 6 aromatic rings. The van der Waals surface area contributed by atoms with E-state index < -0.39 is 23.3 Å². The monoisotopic (exact) mass is 674 g/mol. The molecule has 0 spiro atoms. The van der Waals surface area contributed by atoms with E-state index in [4.69, 9.17) is 0 Å². The van der Waals surface area contributed by atoms with Gasteiger partial charge in [-0.15, -0.1) is 35.4 Å². The fourth-order valence-corrected chi connectivity index (χ4v) is 4.79. The fourth-order valence-electron chi connectivity index (χ4n) is 4.79. The Labute approximate surface area is 292 Å². The third-order valence-electron chi connectivity index (χ3n) is 7.30. The minimum Gasteiger partial charge on any atom is -0.356 e. The van der Waals surface area contributed by atoms with Gasteiger partial charge in [-0.25, -0.2) is 41.8 Å². The molecule has 2 heterocycles. The van der Waals surface area contributed by atoms with Crippen molar-refractivity contribution in [3.05, 3.63) is 178 Å². The standard InChI is InChI=1S/2C15H16F2N.2C5H5.Ti/c2*1-10(2)15-7-4-11(3)18(15)9-12-5-6-13(16)8-14(12)17;2*1-2-4-5-3-1;/h2*4-7,10H,9H2,1-3H3;2*1-5H;/q4*-1;+4. The van der Waals surface area contributed by atoms with Gasteiger partial charge < -0.3 is 9.13 Å². The molecular formula is C40H42F4N2Ti. The Balaban J connectivity index is 0.000000248. The fraction of sp³-hybridized carbons (Fsp3) is 0.250. The number of aryl methyl sites for hydroxylation is 2. The Kier molecular flexibility index (Phi) is 16.5. The summed E-state index contributed by atoms with van der Waals surface area (Å²) in [4.78, 5) is 0. The van der Waals surface area contributed by atoms with Crippen LogP contribution >= 0.6 is 0 Å². The molecule has 244 valence electrons. The van der Waals surface area contributed by atoms with Gasteiger partial charge in [0.2, 0.25) is 0 Å². The SMILES string of the molecule is Cc1ccc(C(C)C)n1Cc1ccc(F)[c-]c1F.Cc1ccc(C(C)C)n1Cc1ccc(F)[c-]c1F.[Ti+4].c1cc[cH-]c1.c1cc[cH-]c1. The number of hydrogen-bond donors (Lipinski definition) is 0. The van der Waals surface area contributed by atoms with Gasteiger partial charge in [-0.05, 0) is 49.9 Å². The van der Waals surface area contributed by atoms with Gasteiger partial charge in [-0.2, -0.15) is 48.5 Å². The Morgan fingerprint density at radius 2 is 0.894 bits per heavy atom. The van der Waals surface area contributed by atoms with Gasteiger partial charge in [0, 0.05) is 59.1 Å². The van der Waals surface area contributed by atoms with Crippen LogP contribution in [0.2, 0.25) is 0 Å². The summed E-state index contributed by atoms with van der Waals surface area (Å²) >= 11 is 0. The number of nitrogens with zero attached hydrogens (tertiary/aromatic N) is 2. The first-order valence-electron chi connectivity index (χ1n) is 15.4. The van der Waals surface area contributed by atoms with Gasteiger partial charge in [0.15, 0.2) is 0 Å². The zero-order chi connectivity index (χ0) is 33.6. The summed E-state index contributed by atoms with van der Waals surface area (Å²) in [7, 11) is 0. The minimum atomic E-state index is -0.662. The second-order valence-corrected chi connectivity index (χ2v) is 11.5. The van der Waals surface area contributed by atoms with Crippen molar-refractivity contribution in [3.63, 3.8) is 0 Å². The summed E-state index contributed by atoms with van der Waals surface area (Å²) in [6.45, 7) is 13.2. The van der Waals surface area contributed by atoms with E-state index in [1.165, 1.54) is 24.3 Å². The van der Waals surface area contributed by atoms with E-state index in [0.717, 1.165) is 22.8 Å². The second-order valence-electron chi connectivity index (χ2n) is 11.5. The molecule has 0 aliphatic rings. The molecule has 0 fully saturated rings. The van der Waals surface area contributed by atoms with Crippen molar-refractivity contribution >= 4 is 0 Å². The van der Waals surface area contributed by atoms with Crippen LogP contribution in [-0.4, -0.2) is 9.13 Å². The summed E-state index contributed by atoms with van der Waals surface area (Å²) in [5, 5.41) is 0. The smallest absolute Gasteiger partial charge is 0.356 e.